The average Bonchev–Trinajstić information content (AvgIpc) is 2.82. The van der Waals surface area contributed by atoms with E-state index in [1.165, 1.54) is 0 Å². The number of amides is 2. The largest absolute Gasteiger partial charge is 0.366 e. The van der Waals surface area contributed by atoms with Gasteiger partial charge in [0.2, 0.25) is 11.8 Å². The van der Waals surface area contributed by atoms with E-state index in [4.69, 9.17) is 5.73 Å². The highest BCUT2D eigenvalue weighted by molar-refractivity contribution is 5.98. The Bertz CT molecular complexity index is 439. The normalized spacial score (nSPS) is 18.9. The van der Waals surface area contributed by atoms with Crippen LogP contribution in [0.2, 0.25) is 0 Å². The van der Waals surface area contributed by atoms with Crippen molar-refractivity contribution >= 4 is 17.5 Å². The minimum atomic E-state index is -0.500. The third-order valence-electron chi connectivity index (χ3n) is 2.79. The second-order valence-electron chi connectivity index (χ2n) is 4.08. The van der Waals surface area contributed by atoms with Crippen LogP contribution in [0.3, 0.4) is 0 Å². The van der Waals surface area contributed by atoms with Gasteiger partial charge in [0.1, 0.15) is 0 Å². The zero-order valence-corrected chi connectivity index (χ0v) is 9.40. The molecule has 5 nitrogen and oxygen atoms in total. The molecule has 0 aromatic heterocycles. The molecule has 1 fully saturated rings. The molecule has 90 valence electrons. The SMILES string of the molecule is NC(=O)c1cccc(NC(=O)[C@@H]2CCCN2)c1. The maximum Gasteiger partial charge on any atom is 0.248 e. The van der Waals surface area contributed by atoms with Gasteiger partial charge in [-0.15, -0.1) is 0 Å². The molecule has 1 saturated heterocycles. The van der Waals surface area contributed by atoms with Crippen molar-refractivity contribution < 1.29 is 9.59 Å². The van der Waals surface area contributed by atoms with Gasteiger partial charge >= 0.3 is 0 Å². The van der Waals surface area contributed by atoms with Gasteiger partial charge in [-0.3, -0.25) is 9.59 Å². The average molecular weight is 233 g/mol. The van der Waals surface area contributed by atoms with E-state index in [0.717, 1.165) is 19.4 Å². The Hall–Kier alpha value is -1.88. The molecule has 0 spiro atoms. The molecule has 1 atom stereocenters. The molecule has 0 radical (unpaired) electrons. The van der Waals surface area contributed by atoms with Crippen molar-refractivity contribution in [3.05, 3.63) is 29.8 Å². The van der Waals surface area contributed by atoms with Gasteiger partial charge in [0.05, 0.1) is 6.04 Å². The molecule has 1 aromatic rings. The minimum absolute atomic E-state index is 0.0656. The van der Waals surface area contributed by atoms with E-state index in [9.17, 15) is 9.59 Å². The molecule has 0 saturated carbocycles. The molecular weight excluding hydrogens is 218 g/mol. The van der Waals surface area contributed by atoms with Crippen molar-refractivity contribution in [3.63, 3.8) is 0 Å². The maximum absolute atomic E-state index is 11.8. The van der Waals surface area contributed by atoms with Crippen molar-refractivity contribution in [2.75, 3.05) is 11.9 Å². The standard InChI is InChI=1S/C12H15N3O2/c13-11(16)8-3-1-4-9(7-8)15-12(17)10-5-2-6-14-10/h1,3-4,7,10,14H,2,5-6H2,(H2,13,16)(H,15,17)/t10-/m0/s1. The van der Waals surface area contributed by atoms with E-state index in [-0.39, 0.29) is 11.9 Å². The fourth-order valence-electron chi connectivity index (χ4n) is 1.89. The molecule has 1 aliphatic heterocycles. The molecule has 1 aromatic carbocycles. The van der Waals surface area contributed by atoms with Crippen LogP contribution < -0.4 is 16.4 Å². The summed E-state index contributed by atoms with van der Waals surface area (Å²) in [6.07, 6.45) is 1.86. The first-order valence-corrected chi connectivity index (χ1v) is 5.61. The molecule has 2 amide bonds. The predicted molar refractivity (Wildman–Crippen MR) is 64.6 cm³/mol. The zero-order chi connectivity index (χ0) is 12.3. The quantitative estimate of drug-likeness (QED) is 0.709. The van der Waals surface area contributed by atoms with Crippen molar-refractivity contribution in [2.45, 2.75) is 18.9 Å². The summed E-state index contributed by atoms with van der Waals surface area (Å²) in [6.45, 7) is 0.874. The molecule has 0 bridgehead atoms. The lowest BCUT2D eigenvalue weighted by Gasteiger charge is -2.11. The van der Waals surface area contributed by atoms with Crippen LogP contribution in [0, 0.1) is 0 Å². The summed E-state index contributed by atoms with van der Waals surface area (Å²) >= 11 is 0. The summed E-state index contributed by atoms with van der Waals surface area (Å²) < 4.78 is 0. The molecule has 5 heteroatoms. The first-order chi connectivity index (χ1) is 8.16. The van der Waals surface area contributed by atoms with E-state index < -0.39 is 5.91 Å². The first-order valence-electron chi connectivity index (χ1n) is 5.61. The molecule has 0 unspecified atom stereocenters. The van der Waals surface area contributed by atoms with Gasteiger partial charge in [-0.2, -0.15) is 0 Å². The van der Waals surface area contributed by atoms with Gasteiger partial charge in [0.25, 0.3) is 0 Å². The van der Waals surface area contributed by atoms with Crippen LogP contribution in [-0.4, -0.2) is 24.4 Å². The maximum atomic E-state index is 11.8. The van der Waals surface area contributed by atoms with Gasteiger partial charge in [0.15, 0.2) is 0 Å². The van der Waals surface area contributed by atoms with E-state index in [0.29, 0.717) is 11.3 Å². The van der Waals surface area contributed by atoms with Crippen LogP contribution in [0.4, 0.5) is 5.69 Å². The lowest BCUT2D eigenvalue weighted by atomic mass is 10.1. The Balaban J connectivity index is 2.05. The summed E-state index contributed by atoms with van der Waals surface area (Å²) in [4.78, 5) is 22.8. The number of nitrogens with two attached hydrogens (primary N) is 1. The van der Waals surface area contributed by atoms with Gasteiger partial charge < -0.3 is 16.4 Å². The topological polar surface area (TPSA) is 84.2 Å². The number of nitrogens with one attached hydrogen (secondary N) is 2. The summed E-state index contributed by atoms with van der Waals surface area (Å²) in [5.41, 5.74) is 6.16. The molecule has 1 aliphatic rings. The van der Waals surface area contributed by atoms with Crippen LogP contribution >= 0.6 is 0 Å². The lowest BCUT2D eigenvalue weighted by molar-refractivity contribution is -0.117. The second-order valence-corrected chi connectivity index (χ2v) is 4.08. The number of hydrogen-bond acceptors (Lipinski definition) is 3. The van der Waals surface area contributed by atoms with E-state index in [1.807, 2.05) is 0 Å². The van der Waals surface area contributed by atoms with Crippen molar-refractivity contribution in [1.29, 1.82) is 0 Å². The van der Waals surface area contributed by atoms with Crippen molar-refractivity contribution in [1.82, 2.24) is 5.32 Å². The Morgan fingerprint density at radius 2 is 2.24 bits per heavy atom. The molecule has 4 N–H and O–H groups in total. The van der Waals surface area contributed by atoms with E-state index in [1.54, 1.807) is 24.3 Å². The van der Waals surface area contributed by atoms with Crippen LogP contribution in [0.5, 0.6) is 0 Å². The van der Waals surface area contributed by atoms with Gasteiger partial charge in [-0.25, -0.2) is 0 Å². The Morgan fingerprint density at radius 3 is 2.88 bits per heavy atom. The molecule has 17 heavy (non-hydrogen) atoms. The van der Waals surface area contributed by atoms with E-state index >= 15 is 0 Å². The first kappa shape index (κ1) is 11.6. The number of rotatable bonds is 3. The number of anilines is 1. The van der Waals surface area contributed by atoms with Crippen LogP contribution in [0.1, 0.15) is 23.2 Å². The third kappa shape index (κ3) is 2.82. The fourth-order valence-corrected chi connectivity index (χ4v) is 1.89. The summed E-state index contributed by atoms with van der Waals surface area (Å²) in [7, 11) is 0. The second kappa shape index (κ2) is 4.97. The van der Waals surface area contributed by atoms with Gasteiger partial charge in [0, 0.05) is 11.3 Å². The van der Waals surface area contributed by atoms with E-state index in [2.05, 4.69) is 10.6 Å². The minimum Gasteiger partial charge on any atom is -0.366 e. The van der Waals surface area contributed by atoms with Crippen molar-refractivity contribution in [3.8, 4) is 0 Å². The molecule has 0 aliphatic carbocycles. The smallest absolute Gasteiger partial charge is 0.248 e. The Labute approximate surface area is 99.4 Å². The highest BCUT2D eigenvalue weighted by Crippen LogP contribution is 2.12. The van der Waals surface area contributed by atoms with Crippen LogP contribution in [0.15, 0.2) is 24.3 Å². The molecular formula is C12H15N3O2. The Morgan fingerprint density at radius 1 is 1.41 bits per heavy atom. The number of hydrogen-bond donors (Lipinski definition) is 3. The summed E-state index contributed by atoms with van der Waals surface area (Å²) in [5, 5.41) is 5.88. The molecule has 1 heterocycles. The van der Waals surface area contributed by atoms with Crippen LogP contribution in [0.25, 0.3) is 0 Å². The number of carbonyl (C=O) groups excluding carboxylic acids is 2. The van der Waals surface area contributed by atoms with Crippen LogP contribution in [-0.2, 0) is 4.79 Å². The zero-order valence-electron chi connectivity index (χ0n) is 9.40. The molecule has 2 rings (SSSR count). The Kier molecular flexibility index (Phi) is 3.39. The predicted octanol–water partition coefficient (Wildman–Crippen LogP) is 0.476. The van der Waals surface area contributed by atoms with Gasteiger partial charge in [-0.05, 0) is 37.6 Å². The fraction of sp³-hybridized carbons (Fsp3) is 0.333. The third-order valence-corrected chi connectivity index (χ3v) is 2.79. The summed E-state index contributed by atoms with van der Waals surface area (Å²) in [6, 6.07) is 6.49. The number of primary amides is 1. The van der Waals surface area contributed by atoms with Crippen molar-refractivity contribution in [2.24, 2.45) is 5.73 Å². The number of carbonyl (C=O) groups is 2. The highest BCUT2D eigenvalue weighted by atomic mass is 16.2. The highest BCUT2D eigenvalue weighted by Gasteiger charge is 2.21. The number of benzene rings is 1. The van der Waals surface area contributed by atoms with Gasteiger partial charge in [-0.1, -0.05) is 6.07 Å². The lowest BCUT2D eigenvalue weighted by Crippen LogP contribution is -2.35. The monoisotopic (exact) mass is 233 g/mol. The summed E-state index contributed by atoms with van der Waals surface area (Å²) in [5.74, 6) is -0.566.